The van der Waals surface area contributed by atoms with Crippen LogP contribution in [0.2, 0.25) is 0 Å². The summed E-state index contributed by atoms with van der Waals surface area (Å²) in [5, 5.41) is 10.7. The van der Waals surface area contributed by atoms with Crippen LogP contribution in [0.4, 0.5) is 0 Å². The third-order valence-electron chi connectivity index (χ3n) is 2.59. The van der Waals surface area contributed by atoms with Crippen LogP contribution in [0.5, 0.6) is 5.75 Å². The van der Waals surface area contributed by atoms with E-state index < -0.39 is 5.97 Å². The Morgan fingerprint density at radius 1 is 1.26 bits per heavy atom. The van der Waals surface area contributed by atoms with E-state index in [0.29, 0.717) is 13.0 Å². The highest BCUT2D eigenvalue weighted by molar-refractivity contribution is 5.80. The van der Waals surface area contributed by atoms with Gasteiger partial charge in [-0.25, -0.2) is 0 Å². The molecule has 0 heterocycles. The molecule has 0 fully saturated rings. The van der Waals surface area contributed by atoms with Gasteiger partial charge in [-0.15, -0.1) is 0 Å². The molecule has 0 bridgehead atoms. The fourth-order valence-corrected chi connectivity index (χ4v) is 1.51. The van der Waals surface area contributed by atoms with Crippen molar-refractivity contribution >= 4 is 11.9 Å². The Labute approximate surface area is 112 Å². The molecule has 2 N–H and O–H groups in total. The molecule has 1 aromatic rings. The molecule has 0 saturated carbocycles. The van der Waals surface area contributed by atoms with Crippen molar-refractivity contribution in [3.8, 4) is 5.75 Å². The van der Waals surface area contributed by atoms with E-state index in [2.05, 4.69) is 12.2 Å². The zero-order valence-electron chi connectivity index (χ0n) is 11.0. The predicted octanol–water partition coefficient (Wildman–Crippen LogP) is 1.61. The van der Waals surface area contributed by atoms with Gasteiger partial charge in [0.25, 0.3) is 0 Å². The first-order valence-corrected chi connectivity index (χ1v) is 6.32. The van der Waals surface area contributed by atoms with Crippen LogP contribution in [-0.4, -0.2) is 30.1 Å². The van der Waals surface area contributed by atoms with Crippen molar-refractivity contribution in [3.05, 3.63) is 29.8 Å². The minimum Gasteiger partial charge on any atom is -0.494 e. The smallest absolute Gasteiger partial charge is 0.322 e. The molecule has 0 spiro atoms. The first-order chi connectivity index (χ1) is 9.11. The number of benzene rings is 1. The number of aliphatic carboxylic acids is 1. The van der Waals surface area contributed by atoms with Gasteiger partial charge < -0.3 is 15.2 Å². The van der Waals surface area contributed by atoms with Crippen LogP contribution in [0, 0.1) is 0 Å². The van der Waals surface area contributed by atoms with Gasteiger partial charge >= 0.3 is 5.97 Å². The summed E-state index contributed by atoms with van der Waals surface area (Å²) < 4.78 is 5.49. The lowest BCUT2D eigenvalue weighted by Crippen LogP contribution is -2.29. The van der Waals surface area contributed by atoms with E-state index in [0.717, 1.165) is 12.2 Å². The van der Waals surface area contributed by atoms with E-state index in [1.807, 2.05) is 24.3 Å². The van der Waals surface area contributed by atoms with Crippen LogP contribution in [0.1, 0.15) is 25.3 Å². The van der Waals surface area contributed by atoms with Gasteiger partial charge in [0.1, 0.15) is 12.3 Å². The highest BCUT2D eigenvalue weighted by atomic mass is 16.5. The van der Waals surface area contributed by atoms with E-state index >= 15 is 0 Å². The second-order valence-electron chi connectivity index (χ2n) is 4.12. The van der Waals surface area contributed by atoms with Gasteiger partial charge in [0, 0.05) is 6.42 Å². The van der Waals surface area contributed by atoms with E-state index in [4.69, 9.17) is 9.84 Å². The van der Waals surface area contributed by atoms with Gasteiger partial charge in [-0.3, -0.25) is 9.59 Å². The summed E-state index contributed by atoms with van der Waals surface area (Å²) in [5.41, 5.74) is 1.25. The summed E-state index contributed by atoms with van der Waals surface area (Å²) in [7, 11) is 0. The molecule has 0 aromatic heterocycles. The second-order valence-corrected chi connectivity index (χ2v) is 4.12. The van der Waals surface area contributed by atoms with Crippen LogP contribution in [0.15, 0.2) is 24.3 Å². The molecular weight excluding hydrogens is 246 g/mol. The molecule has 0 atom stereocenters. The van der Waals surface area contributed by atoms with Gasteiger partial charge in [0.15, 0.2) is 0 Å². The number of carbonyl (C=O) groups excluding carboxylic acids is 1. The quantitative estimate of drug-likeness (QED) is 0.700. The topological polar surface area (TPSA) is 75.6 Å². The fraction of sp³-hybridized carbons (Fsp3) is 0.429. The number of amides is 1. The Morgan fingerprint density at radius 2 is 1.95 bits per heavy atom. The van der Waals surface area contributed by atoms with E-state index in [1.165, 1.54) is 5.56 Å². The molecule has 0 aliphatic rings. The Kier molecular flexibility index (Phi) is 6.43. The van der Waals surface area contributed by atoms with Crippen LogP contribution in [0.3, 0.4) is 0 Å². The lowest BCUT2D eigenvalue weighted by Gasteiger charge is -2.06. The Hall–Kier alpha value is -2.04. The fourth-order valence-electron chi connectivity index (χ4n) is 1.51. The summed E-state index contributed by atoms with van der Waals surface area (Å²) >= 11 is 0. The number of aryl methyl sites for hydroxylation is 1. The molecule has 5 heteroatoms. The zero-order chi connectivity index (χ0) is 14.1. The maximum Gasteiger partial charge on any atom is 0.322 e. The average molecular weight is 265 g/mol. The number of carbonyl (C=O) groups is 2. The third-order valence-corrected chi connectivity index (χ3v) is 2.59. The SMILES string of the molecule is CCc1ccc(OCCCC(=O)NCC(=O)O)cc1. The lowest BCUT2D eigenvalue weighted by molar-refractivity contribution is -0.137. The Balaban J connectivity index is 2.16. The van der Waals surface area contributed by atoms with Crippen LogP contribution in [0.25, 0.3) is 0 Å². The first kappa shape index (κ1) is 15.0. The number of hydrogen-bond donors (Lipinski definition) is 2. The second kappa shape index (κ2) is 8.13. The number of rotatable bonds is 8. The zero-order valence-corrected chi connectivity index (χ0v) is 11.0. The molecule has 1 aromatic carbocycles. The van der Waals surface area contributed by atoms with Crippen molar-refractivity contribution < 1.29 is 19.4 Å². The summed E-state index contributed by atoms with van der Waals surface area (Å²) in [6, 6.07) is 7.83. The molecule has 0 aliphatic carbocycles. The average Bonchev–Trinajstić information content (AvgIpc) is 2.42. The molecular formula is C14H19NO4. The standard InChI is InChI=1S/C14H19NO4/c1-2-11-5-7-12(8-6-11)19-9-3-4-13(16)15-10-14(17)18/h5-8H,2-4,9-10H2,1H3,(H,15,16)(H,17,18). The maximum atomic E-state index is 11.2. The van der Waals surface area contributed by atoms with Crippen molar-refractivity contribution in [2.75, 3.05) is 13.2 Å². The largest absolute Gasteiger partial charge is 0.494 e. The Bertz CT molecular complexity index is 414. The third kappa shape index (κ3) is 6.45. The van der Waals surface area contributed by atoms with Crippen molar-refractivity contribution in [3.63, 3.8) is 0 Å². The van der Waals surface area contributed by atoms with E-state index in [9.17, 15) is 9.59 Å². The van der Waals surface area contributed by atoms with Crippen LogP contribution >= 0.6 is 0 Å². The highest BCUT2D eigenvalue weighted by Crippen LogP contribution is 2.12. The van der Waals surface area contributed by atoms with E-state index in [-0.39, 0.29) is 18.9 Å². The molecule has 0 aliphatic heterocycles. The van der Waals surface area contributed by atoms with Gasteiger partial charge in [0.2, 0.25) is 5.91 Å². The predicted molar refractivity (Wildman–Crippen MR) is 71.2 cm³/mol. The number of carboxylic acids is 1. The molecule has 0 unspecified atom stereocenters. The number of hydrogen-bond acceptors (Lipinski definition) is 3. The molecule has 1 amide bonds. The molecule has 5 nitrogen and oxygen atoms in total. The minimum atomic E-state index is -1.04. The van der Waals surface area contributed by atoms with Crippen LogP contribution in [-0.2, 0) is 16.0 Å². The molecule has 0 saturated heterocycles. The normalized spacial score (nSPS) is 9.95. The van der Waals surface area contributed by atoms with Crippen molar-refractivity contribution in [2.45, 2.75) is 26.2 Å². The summed E-state index contributed by atoms with van der Waals surface area (Å²) in [6.07, 6.45) is 1.81. The summed E-state index contributed by atoms with van der Waals surface area (Å²) in [6.45, 7) is 2.19. The number of nitrogens with one attached hydrogen (secondary N) is 1. The van der Waals surface area contributed by atoms with Gasteiger partial charge in [-0.05, 0) is 30.5 Å². The summed E-state index contributed by atoms with van der Waals surface area (Å²) in [5.74, 6) is -0.531. The monoisotopic (exact) mass is 265 g/mol. The number of ether oxygens (including phenoxy) is 1. The van der Waals surface area contributed by atoms with Gasteiger partial charge in [-0.1, -0.05) is 19.1 Å². The lowest BCUT2D eigenvalue weighted by atomic mass is 10.2. The minimum absolute atomic E-state index is 0.264. The van der Waals surface area contributed by atoms with Crippen molar-refractivity contribution in [1.29, 1.82) is 0 Å². The molecule has 1 rings (SSSR count). The molecule has 104 valence electrons. The van der Waals surface area contributed by atoms with Gasteiger partial charge in [-0.2, -0.15) is 0 Å². The first-order valence-electron chi connectivity index (χ1n) is 6.32. The molecule has 0 radical (unpaired) electrons. The van der Waals surface area contributed by atoms with Crippen molar-refractivity contribution in [2.24, 2.45) is 0 Å². The van der Waals surface area contributed by atoms with Crippen molar-refractivity contribution in [1.82, 2.24) is 5.32 Å². The Morgan fingerprint density at radius 3 is 2.53 bits per heavy atom. The highest BCUT2D eigenvalue weighted by Gasteiger charge is 2.03. The maximum absolute atomic E-state index is 11.2. The summed E-state index contributed by atoms with van der Waals surface area (Å²) in [4.78, 5) is 21.4. The number of carboxylic acid groups (broad SMARTS) is 1. The van der Waals surface area contributed by atoms with E-state index in [1.54, 1.807) is 0 Å². The van der Waals surface area contributed by atoms with Gasteiger partial charge in [0.05, 0.1) is 6.61 Å². The van der Waals surface area contributed by atoms with Crippen LogP contribution < -0.4 is 10.1 Å². The molecule has 19 heavy (non-hydrogen) atoms.